The Labute approximate surface area is 193 Å². The summed E-state index contributed by atoms with van der Waals surface area (Å²) in [5, 5.41) is 7.20. The minimum atomic E-state index is -0.216. The van der Waals surface area contributed by atoms with Crippen LogP contribution >= 0.6 is 23.0 Å². The van der Waals surface area contributed by atoms with Gasteiger partial charge in [0.1, 0.15) is 46.4 Å². The van der Waals surface area contributed by atoms with E-state index in [-0.39, 0.29) is 24.0 Å². The SMILES string of the molecule is Cc1cc(F)cc(C2CCCN2c2ccn3ncc(NC(=O)N4CC(OI)C4)c3n2)c1. The summed E-state index contributed by atoms with van der Waals surface area (Å²) < 4.78 is 20.8. The number of hydrogen-bond donors (Lipinski definition) is 1. The molecule has 1 atom stereocenters. The average Bonchev–Trinajstić information content (AvgIpc) is 3.33. The highest BCUT2D eigenvalue weighted by Gasteiger charge is 2.32. The van der Waals surface area contributed by atoms with Gasteiger partial charge in [-0.15, -0.1) is 0 Å². The fourth-order valence-corrected chi connectivity index (χ4v) is 4.63. The van der Waals surface area contributed by atoms with Crippen LogP contribution in [-0.4, -0.2) is 51.3 Å². The van der Waals surface area contributed by atoms with Crippen molar-refractivity contribution in [2.45, 2.75) is 31.9 Å². The van der Waals surface area contributed by atoms with E-state index in [2.05, 4.69) is 15.3 Å². The van der Waals surface area contributed by atoms with Crippen LogP contribution in [0.5, 0.6) is 0 Å². The number of likely N-dealkylation sites (tertiary alicyclic amines) is 1. The van der Waals surface area contributed by atoms with Crippen LogP contribution in [0, 0.1) is 12.7 Å². The summed E-state index contributed by atoms with van der Waals surface area (Å²) in [7, 11) is 0. The molecule has 162 valence electrons. The molecule has 0 saturated carbocycles. The molecule has 1 aromatic carbocycles. The van der Waals surface area contributed by atoms with Crippen LogP contribution in [0.2, 0.25) is 0 Å². The molecule has 1 unspecified atom stereocenters. The predicted octanol–water partition coefficient (Wildman–Crippen LogP) is 4.10. The number of aryl methyl sites for hydroxylation is 1. The van der Waals surface area contributed by atoms with Crippen LogP contribution in [0.4, 0.5) is 20.7 Å². The molecule has 31 heavy (non-hydrogen) atoms. The van der Waals surface area contributed by atoms with Gasteiger partial charge in [0.15, 0.2) is 5.65 Å². The first kappa shape index (κ1) is 20.4. The Bertz CT molecular complexity index is 1110. The highest BCUT2D eigenvalue weighted by Crippen LogP contribution is 2.36. The van der Waals surface area contributed by atoms with Crippen molar-refractivity contribution in [3.05, 3.63) is 53.6 Å². The van der Waals surface area contributed by atoms with E-state index >= 15 is 0 Å². The minimum Gasteiger partial charge on any atom is -0.349 e. The number of carbonyl (C=O) groups is 1. The maximum Gasteiger partial charge on any atom is 0.322 e. The summed E-state index contributed by atoms with van der Waals surface area (Å²) in [5.74, 6) is 0.572. The number of benzene rings is 1. The molecule has 5 rings (SSSR count). The molecule has 2 saturated heterocycles. The summed E-state index contributed by atoms with van der Waals surface area (Å²) in [6.45, 7) is 3.87. The number of amides is 2. The Hall–Kier alpha value is -2.47. The molecule has 4 heterocycles. The fourth-order valence-electron chi connectivity index (χ4n) is 4.31. The second kappa shape index (κ2) is 8.23. The third kappa shape index (κ3) is 3.93. The van der Waals surface area contributed by atoms with Gasteiger partial charge in [0.25, 0.3) is 0 Å². The summed E-state index contributed by atoms with van der Waals surface area (Å²) in [5.41, 5.74) is 3.01. The van der Waals surface area contributed by atoms with Gasteiger partial charge in [0.2, 0.25) is 0 Å². The number of fused-ring (bicyclic) bond motifs is 1. The van der Waals surface area contributed by atoms with Gasteiger partial charge in [-0.1, -0.05) is 6.07 Å². The first-order valence-electron chi connectivity index (χ1n) is 10.2. The summed E-state index contributed by atoms with van der Waals surface area (Å²) in [6, 6.07) is 6.97. The van der Waals surface area contributed by atoms with Gasteiger partial charge in [-0.25, -0.2) is 18.7 Å². The summed E-state index contributed by atoms with van der Waals surface area (Å²) >= 11 is 1.86. The second-order valence-corrected chi connectivity index (χ2v) is 8.58. The van der Waals surface area contributed by atoms with Crippen molar-refractivity contribution in [2.75, 3.05) is 29.9 Å². The van der Waals surface area contributed by atoms with Gasteiger partial charge >= 0.3 is 6.03 Å². The molecule has 2 aliphatic heterocycles. The third-order valence-electron chi connectivity index (χ3n) is 5.85. The van der Waals surface area contributed by atoms with Gasteiger partial charge < -0.3 is 18.2 Å². The van der Waals surface area contributed by atoms with E-state index in [0.29, 0.717) is 24.4 Å². The van der Waals surface area contributed by atoms with E-state index in [1.165, 1.54) is 0 Å². The molecule has 2 aromatic heterocycles. The number of carbonyl (C=O) groups excluding carboxylic acids is 1. The largest absolute Gasteiger partial charge is 0.349 e. The normalized spacial score (nSPS) is 19.1. The molecule has 0 aliphatic carbocycles. The monoisotopic (exact) mass is 536 g/mol. The average molecular weight is 536 g/mol. The molecule has 0 radical (unpaired) electrons. The Morgan fingerprint density at radius 3 is 2.94 bits per heavy atom. The van der Waals surface area contributed by atoms with E-state index in [0.717, 1.165) is 36.3 Å². The van der Waals surface area contributed by atoms with Crippen molar-refractivity contribution < 1.29 is 12.3 Å². The number of aromatic nitrogens is 3. The van der Waals surface area contributed by atoms with Crippen molar-refractivity contribution in [1.82, 2.24) is 19.5 Å². The van der Waals surface area contributed by atoms with Gasteiger partial charge in [-0.05, 0) is 49.1 Å². The van der Waals surface area contributed by atoms with Gasteiger partial charge in [0.05, 0.1) is 25.3 Å². The molecule has 8 nitrogen and oxygen atoms in total. The van der Waals surface area contributed by atoms with E-state index in [1.54, 1.807) is 27.7 Å². The standard InChI is InChI=1S/C21H22FIN6O2/c1-13-7-14(9-15(22)8-13)18-3-2-5-28(18)19-4-6-29-20(26-19)17(10-24-29)25-21(30)27-11-16(12-27)31-23/h4,6-10,16,18H,2-3,5,11-12H2,1H3,(H,25,30). The molecule has 3 aromatic rings. The lowest BCUT2D eigenvalue weighted by molar-refractivity contribution is 0.0800. The molecule has 2 aliphatic rings. The van der Waals surface area contributed by atoms with E-state index in [4.69, 9.17) is 8.05 Å². The zero-order valence-corrected chi connectivity index (χ0v) is 19.1. The maximum atomic E-state index is 14.0. The smallest absolute Gasteiger partial charge is 0.322 e. The van der Waals surface area contributed by atoms with Crippen molar-refractivity contribution in [3.8, 4) is 0 Å². The highest BCUT2D eigenvalue weighted by atomic mass is 127. The first-order chi connectivity index (χ1) is 15.0. The Kier molecular flexibility index (Phi) is 5.42. The summed E-state index contributed by atoms with van der Waals surface area (Å²) in [6.07, 6.45) is 5.47. The van der Waals surface area contributed by atoms with Crippen molar-refractivity contribution in [3.63, 3.8) is 0 Å². The Morgan fingerprint density at radius 2 is 2.16 bits per heavy atom. The lowest BCUT2D eigenvalue weighted by Gasteiger charge is -2.36. The number of hydrogen-bond acceptors (Lipinski definition) is 5. The molecule has 2 amide bonds. The van der Waals surface area contributed by atoms with Gasteiger partial charge in [-0.2, -0.15) is 5.10 Å². The maximum absolute atomic E-state index is 14.0. The highest BCUT2D eigenvalue weighted by molar-refractivity contribution is 14.1. The van der Waals surface area contributed by atoms with Crippen LogP contribution in [0.3, 0.4) is 0 Å². The zero-order valence-electron chi connectivity index (χ0n) is 17.0. The van der Waals surface area contributed by atoms with Gasteiger partial charge in [-0.3, -0.25) is 0 Å². The van der Waals surface area contributed by atoms with Crippen molar-refractivity contribution in [1.29, 1.82) is 0 Å². The summed E-state index contributed by atoms with van der Waals surface area (Å²) in [4.78, 5) is 21.2. The second-order valence-electron chi connectivity index (χ2n) is 8.07. The van der Waals surface area contributed by atoms with Crippen LogP contribution in [-0.2, 0) is 3.07 Å². The first-order valence-corrected chi connectivity index (χ1v) is 11.1. The molecular formula is C21H22FIN6O2. The number of urea groups is 1. The lowest BCUT2D eigenvalue weighted by Crippen LogP contribution is -2.55. The molecule has 2 fully saturated rings. The lowest BCUT2D eigenvalue weighted by atomic mass is 10.0. The van der Waals surface area contributed by atoms with Crippen LogP contribution in [0.1, 0.15) is 30.0 Å². The fraction of sp³-hybridized carbons (Fsp3) is 0.381. The molecule has 0 spiro atoms. The number of rotatable bonds is 4. The molecular weight excluding hydrogens is 514 g/mol. The number of anilines is 2. The van der Waals surface area contributed by atoms with Gasteiger partial charge in [0, 0.05) is 12.7 Å². The number of nitrogens with one attached hydrogen (secondary N) is 1. The Morgan fingerprint density at radius 1 is 1.32 bits per heavy atom. The van der Waals surface area contributed by atoms with E-state index in [9.17, 15) is 9.18 Å². The van der Waals surface area contributed by atoms with E-state index in [1.807, 2.05) is 48.3 Å². The Balaban J connectivity index is 1.40. The van der Waals surface area contributed by atoms with Crippen molar-refractivity contribution in [2.24, 2.45) is 0 Å². The molecule has 0 bridgehead atoms. The number of halogens is 2. The molecule has 1 N–H and O–H groups in total. The van der Waals surface area contributed by atoms with Crippen LogP contribution in [0.15, 0.2) is 36.7 Å². The van der Waals surface area contributed by atoms with Crippen LogP contribution < -0.4 is 10.2 Å². The minimum absolute atomic E-state index is 0.0663. The predicted molar refractivity (Wildman–Crippen MR) is 123 cm³/mol. The molecule has 10 heteroatoms. The quantitative estimate of drug-likeness (QED) is 0.509. The van der Waals surface area contributed by atoms with Crippen molar-refractivity contribution >= 4 is 46.2 Å². The van der Waals surface area contributed by atoms with Crippen LogP contribution in [0.25, 0.3) is 5.65 Å². The topological polar surface area (TPSA) is 75.0 Å². The number of nitrogens with zero attached hydrogens (tertiary/aromatic N) is 5. The zero-order chi connectivity index (χ0) is 21.5. The third-order valence-corrected chi connectivity index (χ3v) is 6.57. The van der Waals surface area contributed by atoms with E-state index < -0.39 is 0 Å².